The molecule has 25 heavy (non-hydrogen) atoms. The number of hydrogen-bond acceptors (Lipinski definition) is 3. The van der Waals surface area contributed by atoms with Crippen LogP contribution in [0.15, 0.2) is 24.4 Å². The highest BCUT2D eigenvalue weighted by molar-refractivity contribution is 5.88. The standard InChI is InChI=1S/C19H26FN3O2/c20-15-5-6-17-14(12-22-18(17)11-15)10-19(25)21-7-1-2-8-23-9-3-4-16(23)13-24/h5-6,11-12,16,22,24H,1-4,7-10,13H2,(H,21,25). The molecular weight excluding hydrogens is 321 g/mol. The maximum Gasteiger partial charge on any atom is 0.224 e. The smallest absolute Gasteiger partial charge is 0.224 e. The van der Waals surface area contributed by atoms with Crippen molar-refractivity contribution >= 4 is 16.8 Å². The van der Waals surface area contributed by atoms with Crippen molar-refractivity contribution in [2.24, 2.45) is 0 Å². The van der Waals surface area contributed by atoms with Gasteiger partial charge < -0.3 is 15.4 Å². The number of nitrogens with one attached hydrogen (secondary N) is 2. The molecule has 0 aliphatic carbocycles. The molecule has 0 bridgehead atoms. The number of carbonyl (C=O) groups is 1. The molecule has 3 rings (SSSR count). The Morgan fingerprint density at radius 2 is 2.28 bits per heavy atom. The lowest BCUT2D eigenvalue weighted by Gasteiger charge is -2.22. The van der Waals surface area contributed by atoms with Gasteiger partial charge in [-0.3, -0.25) is 9.69 Å². The second-order valence-electron chi connectivity index (χ2n) is 6.75. The predicted octanol–water partition coefficient (Wildman–Crippen LogP) is 2.20. The van der Waals surface area contributed by atoms with Crippen LogP contribution >= 0.6 is 0 Å². The summed E-state index contributed by atoms with van der Waals surface area (Å²) in [7, 11) is 0. The minimum Gasteiger partial charge on any atom is -0.395 e. The van der Waals surface area contributed by atoms with Gasteiger partial charge in [0, 0.05) is 29.7 Å². The highest BCUT2D eigenvalue weighted by Gasteiger charge is 2.22. The Balaban J connectivity index is 1.38. The van der Waals surface area contributed by atoms with E-state index in [1.807, 2.05) is 0 Å². The first-order valence-corrected chi connectivity index (χ1v) is 9.04. The molecule has 1 unspecified atom stereocenters. The molecule has 1 saturated heterocycles. The molecular formula is C19H26FN3O2. The van der Waals surface area contributed by atoms with Crippen LogP contribution in [0.3, 0.4) is 0 Å². The van der Waals surface area contributed by atoms with Gasteiger partial charge in [-0.05, 0) is 62.5 Å². The Hall–Kier alpha value is -1.92. The third kappa shape index (κ3) is 4.58. The molecule has 1 atom stereocenters. The lowest BCUT2D eigenvalue weighted by Crippen LogP contribution is -2.33. The molecule has 136 valence electrons. The van der Waals surface area contributed by atoms with E-state index >= 15 is 0 Å². The summed E-state index contributed by atoms with van der Waals surface area (Å²) in [5.74, 6) is -0.300. The Kier molecular flexibility index (Phi) is 6.04. The highest BCUT2D eigenvalue weighted by atomic mass is 19.1. The zero-order chi connectivity index (χ0) is 17.6. The number of carbonyl (C=O) groups excluding carboxylic acids is 1. The average molecular weight is 347 g/mol. The summed E-state index contributed by atoms with van der Waals surface area (Å²) in [6.07, 6.45) is 6.26. The van der Waals surface area contributed by atoms with Crippen LogP contribution in [-0.2, 0) is 11.2 Å². The van der Waals surface area contributed by atoms with Gasteiger partial charge in [-0.2, -0.15) is 0 Å². The molecule has 0 radical (unpaired) electrons. The number of aliphatic hydroxyl groups is 1. The minimum absolute atomic E-state index is 0.0142. The average Bonchev–Trinajstić information content (AvgIpc) is 3.21. The second kappa shape index (κ2) is 8.45. The number of amides is 1. The zero-order valence-corrected chi connectivity index (χ0v) is 14.4. The third-order valence-corrected chi connectivity index (χ3v) is 4.98. The van der Waals surface area contributed by atoms with Crippen molar-refractivity contribution in [2.75, 3.05) is 26.2 Å². The second-order valence-corrected chi connectivity index (χ2v) is 6.75. The van der Waals surface area contributed by atoms with Gasteiger partial charge in [0.25, 0.3) is 0 Å². The van der Waals surface area contributed by atoms with Crippen LogP contribution in [0.4, 0.5) is 4.39 Å². The number of halogens is 1. The first-order chi connectivity index (χ1) is 12.2. The van der Waals surface area contributed by atoms with Gasteiger partial charge in [-0.25, -0.2) is 4.39 Å². The van der Waals surface area contributed by atoms with E-state index in [1.165, 1.54) is 12.1 Å². The molecule has 1 amide bonds. The first-order valence-electron chi connectivity index (χ1n) is 9.04. The molecule has 2 aromatic rings. The number of aliphatic hydroxyl groups excluding tert-OH is 1. The van der Waals surface area contributed by atoms with Gasteiger partial charge in [-0.1, -0.05) is 0 Å². The van der Waals surface area contributed by atoms with Crippen molar-refractivity contribution < 1.29 is 14.3 Å². The van der Waals surface area contributed by atoms with Crippen molar-refractivity contribution in [2.45, 2.75) is 38.1 Å². The minimum atomic E-state index is -0.285. The quantitative estimate of drug-likeness (QED) is 0.641. The molecule has 1 aromatic heterocycles. The van der Waals surface area contributed by atoms with Gasteiger partial charge in [-0.15, -0.1) is 0 Å². The monoisotopic (exact) mass is 347 g/mol. The fraction of sp³-hybridized carbons (Fsp3) is 0.526. The fourth-order valence-electron chi connectivity index (χ4n) is 3.60. The van der Waals surface area contributed by atoms with Gasteiger partial charge >= 0.3 is 0 Å². The fourth-order valence-corrected chi connectivity index (χ4v) is 3.60. The lowest BCUT2D eigenvalue weighted by atomic mass is 10.1. The number of hydrogen-bond donors (Lipinski definition) is 3. The number of rotatable bonds is 8. The van der Waals surface area contributed by atoms with Gasteiger partial charge in [0.2, 0.25) is 5.91 Å². The van der Waals surface area contributed by atoms with Gasteiger partial charge in [0.1, 0.15) is 5.82 Å². The van der Waals surface area contributed by atoms with Crippen molar-refractivity contribution in [1.29, 1.82) is 0 Å². The largest absolute Gasteiger partial charge is 0.395 e. The Morgan fingerprint density at radius 3 is 3.12 bits per heavy atom. The molecule has 1 aliphatic heterocycles. The van der Waals surface area contributed by atoms with Crippen LogP contribution < -0.4 is 5.32 Å². The Morgan fingerprint density at radius 1 is 1.40 bits per heavy atom. The van der Waals surface area contributed by atoms with Gasteiger partial charge in [0.15, 0.2) is 0 Å². The summed E-state index contributed by atoms with van der Waals surface area (Å²) >= 11 is 0. The van der Waals surface area contributed by atoms with E-state index in [0.29, 0.717) is 24.5 Å². The summed E-state index contributed by atoms with van der Waals surface area (Å²) in [5, 5.41) is 13.1. The summed E-state index contributed by atoms with van der Waals surface area (Å²) < 4.78 is 13.2. The Bertz CT molecular complexity index is 716. The zero-order valence-electron chi connectivity index (χ0n) is 14.4. The van der Waals surface area contributed by atoms with Crippen molar-refractivity contribution in [1.82, 2.24) is 15.2 Å². The maximum absolute atomic E-state index is 13.2. The SMILES string of the molecule is O=C(Cc1c[nH]c2cc(F)ccc12)NCCCCN1CCCC1CO. The summed E-state index contributed by atoms with van der Waals surface area (Å²) in [5.41, 5.74) is 1.60. The normalized spacial score (nSPS) is 18.1. The molecule has 1 aromatic carbocycles. The molecule has 1 fully saturated rings. The number of nitrogens with zero attached hydrogens (tertiary/aromatic N) is 1. The van der Waals surface area contributed by atoms with E-state index in [1.54, 1.807) is 12.3 Å². The lowest BCUT2D eigenvalue weighted by molar-refractivity contribution is -0.120. The summed E-state index contributed by atoms with van der Waals surface area (Å²) in [4.78, 5) is 17.4. The molecule has 3 N–H and O–H groups in total. The number of aromatic nitrogens is 1. The number of H-pyrrole nitrogens is 1. The number of unbranched alkanes of at least 4 members (excludes halogenated alkanes) is 1. The first kappa shape index (κ1) is 17.9. The predicted molar refractivity (Wildman–Crippen MR) is 95.9 cm³/mol. The van der Waals surface area contributed by atoms with Crippen molar-refractivity contribution in [3.05, 3.63) is 35.8 Å². The van der Waals surface area contributed by atoms with Crippen LogP contribution in [0.1, 0.15) is 31.2 Å². The molecule has 1 aliphatic rings. The third-order valence-electron chi connectivity index (χ3n) is 4.98. The van der Waals surface area contributed by atoms with Crippen LogP contribution in [0.5, 0.6) is 0 Å². The molecule has 5 nitrogen and oxygen atoms in total. The van der Waals surface area contributed by atoms with E-state index < -0.39 is 0 Å². The summed E-state index contributed by atoms with van der Waals surface area (Å²) in [6, 6.07) is 4.88. The van der Waals surface area contributed by atoms with Crippen molar-refractivity contribution in [3.63, 3.8) is 0 Å². The van der Waals surface area contributed by atoms with Crippen LogP contribution in [-0.4, -0.2) is 53.2 Å². The molecule has 0 saturated carbocycles. The van der Waals surface area contributed by atoms with Crippen LogP contribution in [0, 0.1) is 5.82 Å². The van der Waals surface area contributed by atoms with E-state index in [0.717, 1.165) is 49.7 Å². The van der Waals surface area contributed by atoms with Crippen LogP contribution in [0.25, 0.3) is 10.9 Å². The van der Waals surface area contributed by atoms with E-state index in [4.69, 9.17) is 0 Å². The number of benzene rings is 1. The van der Waals surface area contributed by atoms with Gasteiger partial charge in [0.05, 0.1) is 13.0 Å². The molecule has 6 heteroatoms. The van der Waals surface area contributed by atoms with Crippen LogP contribution in [0.2, 0.25) is 0 Å². The van der Waals surface area contributed by atoms with Crippen molar-refractivity contribution in [3.8, 4) is 0 Å². The number of aromatic amines is 1. The van der Waals surface area contributed by atoms with E-state index in [9.17, 15) is 14.3 Å². The Labute approximate surface area is 147 Å². The van der Waals surface area contributed by atoms with E-state index in [-0.39, 0.29) is 18.3 Å². The highest BCUT2D eigenvalue weighted by Crippen LogP contribution is 2.20. The molecule has 0 spiro atoms. The summed E-state index contributed by atoms with van der Waals surface area (Å²) in [6.45, 7) is 2.95. The molecule has 2 heterocycles. The number of likely N-dealkylation sites (tertiary alicyclic amines) is 1. The van der Waals surface area contributed by atoms with E-state index in [2.05, 4.69) is 15.2 Å². The number of fused-ring (bicyclic) bond motifs is 1. The topological polar surface area (TPSA) is 68.4 Å². The maximum atomic E-state index is 13.2.